The minimum absolute atomic E-state index is 0.183. The van der Waals surface area contributed by atoms with E-state index in [2.05, 4.69) is 15.5 Å². The molecule has 11 nitrogen and oxygen atoms in total. The predicted octanol–water partition coefficient (Wildman–Crippen LogP) is 3.41. The number of fused-ring (bicyclic) bond motifs is 1. The lowest BCUT2D eigenvalue weighted by Gasteiger charge is -2.15. The largest absolute Gasteiger partial charge is 0.507 e. The molecule has 0 aliphatic rings. The Morgan fingerprint density at radius 2 is 1.58 bits per heavy atom. The SMILES string of the molecule is CC(=O)Nc1c(N=Nc2ccccc2)c(S(=O)(=O)O)cc2cc(S(=O)(=O)O)cc(O)c12. The van der Waals surface area contributed by atoms with Crippen LogP contribution in [0.4, 0.5) is 17.1 Å². The van der Waals surface area contributed by atoms with Crippen molar-refractivity contribution in [3.8, 4) is 5.75 Å². The fraction of sp³-hybridized carbons (Fsp3) is 0.0556. The maximum absolute atomic E-state index is 12.0. The highest BCUT2D eigenvalue weighted by Crippen LogP contribution is 2.44. The third-order valence-corrected chi connectivity index (χ3v) is 5.73. The standard InChI is InChI=1S/C18H15N3O8S2/c1-10(22)19-18-16-11(7-13(9-14(16)23)30(24,25)26)8-15(31(27,28)29)17(18)21-20-12-5-3-2-4-6-12/h2-9,23H,1H3,(H,19,22)(H,24,25,26)(H,27,28,29). The summed E-state index contributed by atoms with van der Waals surface area (Å²) in [5.41, 5.74) is -0.510. The van der Waals surface area contributed by atoms with Gasteiger partial charge in [-0.05, 0) is 29.7 Å². The van der Waals surface area contributed by atoms with Gasteiger partial charge in [0.05, 0.1) is 16.3 Å². The summed E-state index contributed by atoms with van der Waals surface area (Å²) in [4.78, 5) is 10.2. The van der Waals surface area contributed by atoms with Gasteiger partial charge in [0, 0.05) is 18.4 Å². The van der Waals surface area contributed by atoms with Crippen molar-refractivity contribution in [2.24, 2.45) is 10.2 Å². The fourth-order valence-electron chi connectivity index (χ4n) is 2.80. The Morgan fingerprint density at radius 1 is 0.935 bits per heavy atom. The molecule has 0 bridgehead atoms. The molecule has 1 amide bonds. The highest BCUT2D eigenvalue weighted by molar-refractivity contribution is 7.86. The molecule has 3 aromatic rings. The highest BCUT2D eigenvalue weighted by atomic mass is 32.2. The topological polar surface area (TPSA) is 183 Å². The number of carbonyl (C=O) groups is 1. The summed E-state index contributed by atoms with van der Waals surface area (Å²) < 4.78 is 66.0. The van der Waals surface area contributed by atoms with Crippen LogP contribution in [0.2, 0.25) is 0 Å². The van der Waals surface area contributed by atoms with Crippen LogP contribution in [0, 0.1) is 0 Å². The number of carbonyl (C=O) groups excluding carboxylic acids is 1. The molecule has 3 aromatic carbocycles. The van der Waals surface area contributed by atoms with Gasteiger partial charge in [-0.1, -0.05) is 18.2 Å². The van der Waals surface area contributed by atoms with E-state index < -0.39 is 47.4 Å². The van der Waals surface area contributed by atoms with Crippen LogP contribution in [-0.4, -0.2) is 37.0 Å². The summed E-state index contributed by atoms with van der Waals surface area (Å²) in [5.74, 6) is -1.38. The van der Waals surface area contributed by atoms with Gasteiger partial charge in [0.15, 0.2) is 0 Å². The zero-order valence-corrected chi connectivity index (χ0v) is 17.3. The molecule has 0 aliphatic carbocycles. The lowest BCUT2D eigenvalue weighted by atomic mass is 10.1. The van der Waals surface area contributed by atoms with Crippen molar-refractivity contribution in [1.82, 2.24) is 0 Å². The first-order valence-corrected chi connectivity index (χ1v) is 11.3. The average molecular weight is 465 g/mol. The number of azo groups is 1. The third kappa shape index (κ3) is 4.86. The molecule has 162 valence electrons. The Morgan fingerprint density at radius 3 is 2.13 bits per heavy atom. The number of amides is 1. The highest BCUT2D eigenvalue weighted by Gasteiger charge is 2.26. The van der Waals surface area contributed by atoms with Crippen molar-refractivity contribution in [3.63, 3.8) is 0 Å². The second-order valence-corrected chi connectivity index (χ2v) is 9.12. The minimum atomic E-state index is -4.95. The van der Waals surface area contributed by atoms with Crippen molar-refractivity contribution in [1.29, 1.82) is 0 Å². The van der Waals surface area contributed by atoms with Crippen LogP contribution < -0.4 is 5.32 Å². The van der Waals surface area contributed by atoms with Gasteiger partial charge in [-0.3, -0.25) is 13.9 Å². The molecule has 0 saturated carbocycles. The Labute approximate surface area is 176 Å². The number of rotatable bonds is 5. The van der Waals surface area contributed by atoms with E-state index >= 15 is 0 Å². The van der Waals surface area contributed by atoms with Crippen LogP contribution in [-0.2, 0) is 25.0 Å². The number of nitrogens with zero attached hydrogens (tertiary/aromatic N) is 2. The smallest absolute Gasteiger partial charge is 0.296 e. The van der Waals surface area contributed by atoms with Crippen molar-refractivity contribution < 1.29 is 35.8 Å². The summed E-state index contributed by atoms with van der Waals surface area (Å²) in [6.07, 6.45) is 0. The summed E-state index contributed by atoms with van der Waals surface area (Å²) in [7, 11) is -9.71. The van der Waals surface area contributed by atoms with Gasteiger partial charge in [0.1, 0.15) is 16.3 Å². The van der Waals surface area contributed by atoms with Crippen molar-refractivity contribution in [2.45, 2.75) is 16.7 Å². The third-order valence-electron chi connectivity index (χ3n) is 4.03. The van der Waals surface area contributed by atoms with Gasteiger partial charge < -0.3 is 10.4 Å². The summed E-state index contributed by atoms with van der Waals surface area (Å²) in [6, 6.07) is 10.6. The number of nitrogens with one attached hydrogen (secondary N) is 1. The number of hydrogen-bond acceptors (Lipinski definition) is 8. The van der Waals surface area contributed by atoms with Gasteiger partial charge in [0.2, 0.25) is 5.91 Å². The molecule has 0 heterocycles. The summed E-state index contributed by atoms with van der Waals surface area (Å²) >= 11 is 0. The van der Waals surface area contributed by atoms with Crippen LogP contribution in [0.25, 0.3) is 10.8 Å². The van der Waals surface area contributed by atoms with Crippen LogP contribution in [0.1, 0.15) is 6.92 Å². The zero-order chi connectivity index (χ0) is 23.0. The molecule has 0 fully saturated rings. The number of hydrogen-bond donors (Lipinski definition) is 4. The Balaban J connectivity index is 2.46. The molecular formula is C18H15N3O8S2. The molecule has 0 radical (unpaired) electrons. The normalized spacial score (nSPS) is 12.4. The number of phenols is 1. The van der Waals surface area contributed by atoms with Gasteiger partial charge in [0.25, 0.3) is 20.2 Å². The molecule has 13 heteroatoms. The van der Waals surface area contributed by atoms with Crippen LogP contribution in [0.15, 0.2) is 68.6 Å². The van der Waals surface area contributed by atoms with E-state index in [1.165, 1.54) is 0 Å². The van der Waals surface area contributed by atoms with E-state index in [4.69, 9.17) is 0 Å². The Hall–Kier alpha value is -3.39. The number of benzene rings is 3. The van der Waals surface area contributed by atoms with E-state index in [-0.39, 0.29) is 16.5 Å². The average Bonchev–Trinajstić information content (AvgIpc) is 2.65. The molecule has 0 unspecified atom stereocenters. The summed E-state index contributed by atoms with van der Waals surface area (Å²) in [6.45, 7) is 1.10. The Bertz CT molecular complexity index is 1430. The molecule has 0 aromatic heterocycles. The van der Waals surface area contributed by atoms with Crippen molar-refractivity contribution in [2.75, 3.05) is 5.32 Å². The second kappa shape index (κ2) is 8.03. The van der Waals surface area contributed by atoms with Gasteiger partial charge >= 0.3 is 0 Å². The maximum Gasteiger partial charge on any atom is 0.296 e. The van der Waals surface area contributed by atoms with Gasteiger partial charge in [-0.15, -0.1) is 5.11 Å². The van der Waals surface area contributed by atoms with E-state index in [1.807, 2.05) is 0 Å². The first kappa shape index (κ1) is 22.3. The molecule has 0 spiro atoms. The number of anilines is 1. The van der Waals surface area contributed by atoms with Crippen molar-refractivity contribution in [3.05, 3.63) is 48.5 Å². The van der Waals surface area contributed by atoms with E-state index in [9.17, 15) is 35.8 Å². The quantitative estimate of drug-likeness (QED) is 0.326. The monoisotopic (exact) mass is 465 g/mol. The predicted molar refractivity (Wildman–Crippen MR) is 110 cm³/mol. The zero-order valence-electron chi connectivity index (χ0n) is 15.7. The molecule has 3 rings (SSSR count). The van der Waals surface area contributed by atoms with Crippen molar-refractivity contribution >= 4 is 54.0 Å². The Kier molecular flexibility index (Phi) is 5.78. The van der Waals surface area contributed by atoms with Crippen LogP contribution in [0.3, 0.4) is 0 Å². The molecule has 0 saturated heterocycles. The fourth-order valence-corrected chi connectivity index (χ4v) is 4.00. The summed E-state index contributed by atoms with van der Waals surface area (Å²) in [5, 5.41) is 20.1. The van der Waals surface area contributed by atoms with Crippen LogP contribution >= 0.6 is 0 Å². The molecule has 4 N–H and O–H groups in total. The van der Waals surface area contributed by atoms with Gasteiger partial charge in [-0.25, -0.2) is 0 Å². The first-order valence-electron chi connectivity index (χ1n) is 8.41. The number of phenolic OH excluding ortho intramolecular Hbond substituents is 1. The second-order valence-electron chi connectivity index (χ2n) is 6.31. The maximum atomic E-state index is 12.0. The molecule has 0 aliphatic heterocycles. The minimum Gasteiger partial charge on any atom is -0.507 e. The first-order chi connectivity index (χ1) is 14.4. The van der Waals surface area contributed by atoms with Crippen LogP contribution in [0.5, 0.6) is 5.75 Å². The molecule has 31 heavy (non-hydrogen) atoms. The van der Waals surface area contributed by atoms with E-state index in [1.54, 1.807) is 30.3 Å². The lowest BCUT2D eigenvalue weighted by molar-refractivity contribution is -0.114. The lowest BCUT2D eigenvalue weighted by Crippen LogP contribution is -2.09. The molecule has 0 atom stereocenters. The van der Waals surface area contributed by atoms with E-state index in [0.29, 0.717) is 11.8 Å². The molecular weight excluding hydrogens is 450 g/mol. The van der Waals surface area contributed by atoms with E-state index in [0.717, 1.165) is 19.1 Å². The van der Waals surface area contributed by atoms with Gasteiger partial charge in [-0.2, -0.15) is 21.9 Å². The number of aromatic hydroxyl groups is 1.